The number of para-hydroxylation sites is 1. The Morgan fingerprint density at radius 1 is 1.14 bits per heavy atom. The Kier molecular flexibility index (Phi) is 7.45. The van der Waals surface area contributed by atoms with Crippen LogP contribution >= 0.6 is 0 Å². The van der Waals surface area contributed by atoms with Gasteiger partial charge < -0.3 is 30.1 Å². The number of carbonyl (C=O) groups excluding carboxylic acids is 2. The number of rotatable bonds is 7. The normalized spacial score (nSPS) is 18.7. The van der Waals surface area contributed by atoms with Crippen LogP contribution in [0.4, 0.5) is 10.5 Å². The third-order valence-electron chi connectivity index (χ3n) is 6.39. The molecule has 2 aliphatic heterocycles. The van der Waals surface area contributed by atoms with Gasteiger partial charge >= 0.3 is 12.0 Å². The number of hydrogen-bond donors (Lipinski definition) is 3. The number of benzene rings is 2. The van der Waals surface area contributed by atoms with Crippen molar-refractivity contribution in [2.24, 2.45) is 0 Å². The first-order valence-corrected chi connectivity index (χ1v) is 11.8. The zero-order valence-corrected chi connectivity index (χ0v) is 20.3. The molecule has 0 aliphatic carbocycles. The van der Waals surface area contributed by atoms with Gasteiger partial charge in [-0.25, -0.2) is 9.59 Å². The second kappa shape index (κ2) is 10.7. The molecule has 35 heavy (non-hydrogen) atoms. The first kappa shape index (κ1) is 24.4. The van der Waals surface area contributed by atoms with Crippen molar-refractivity contribution in [2.45, 2.75) is 19.9 Å². The molecule has 3 N–H and O–H groups in total. The average Bonchev–Trinajstić information content (AvgIpc) is 2.85. The summed E-state index contributed by atoms with van der Waals surface area (Å²) in [4.78, 5) is 30.1. The molecule has 0 unspecified atom stereocenters. The fourth-order valence-electron chi connectivity index (χ4n) is 4.61. The number of urea groups is 1. The molecule has 2 aromatic carbocycles. The fourth-order valence-corrected chi connectivity index (χ4v) is 4.61. The van der Waals surface area contributed by atoms with E-state index in [0.29, 0.717) is 30.0 Å². The number of nitrogens with zero attached hydrogens (tertiary/aromatic N) is 2. The van der Waals surface area contributed by atoms with Gasteiger partial charge in [-0.2, -0.15) is 0 Å². The van der Waals surface area contributed by atoms with Gasteiger partial charge in [0.15, 0.2) is 11.5 Å². The Morgan fingerprint density at radius 3 is 2.57 bits per heavy atom. The molecule has 1 saturated heterocycles. The van der Waals surface area contributed by atoms with E-state index in [2.05, 4.69) is 39.5 Å². The highest BCUT2D eigenvalue weighted by molar-refractivity contribution is 5.95. The number of methoxy groups -OCH3 is 1. The van der Waals surface area contributed by atoms with Gasteiger partial charge in [0.2, 0.25) is 0 Å². The van der Waals surface area contributed by atoms with Crippen LogP contribution in [0.25, 0.3) is 0 Å². The van der Waals surface area contributed by atoms with Crippen molar-refractivity contribution in [1.29, 1.82) is 0 Å². The number of hydrogen-bond acceptors (Lipinski definition) is 7. The van der Waals surface area contributed by atoms with E-state index in [4.69, 9.17) is 9.47 Å². The number of phenolic OH excluding ortho intramolecular Hbond substituents is 1. The van der Waals surface area contributed by atoms with Crippen molar-refractivity contribution in [1.82, 2.24) is 15.5 Å². The molecule has 186 valence electrons. The molecule has 2 aromatic rings. The van der Waals surface area contributed by atoms with Crippen molar-refractivity contribution in [3.8, 4) is 11.5 Å². The quantitative estimate of drug-likeness (QED) is 0.524. The summed E-state index contributed by atoms with van der Waals surface area (Å²) in [6.45, 7) is 7.96. The summed E-state index contributed by atoms with van der Waals surface area (Å²) in [6, 6.07) is 12.0. The van der Waals surface area contributed by atoms with Gasteiger partial charge in [0, 0.05) is 44.1 Å². The van der Waals surface area contributed by atoms with Crippen LogP contribution in [0.5, 0.6) is 11.5 Å². The summed E-state index contributed by atoms with van der Waals surface area (Å²) in [6.07, 6.45) is 0. The van der Waals surface area contributed by atoms with E-state index in [0.717, 1.165) is 26.2 Å². The monoisotopic (exact) mass is 480 g/mol. The number of anilines is 1. The van der Waals surface area contributed by atoms with Crippen molar-refractivity contribution in [3.63, 3.8) is 0 Å². The van der Waals surface area contributed by atoms with Gasteiger partial charge in [0.05, 0.1) is 25.3 Å². The van der Waals surface area contributed by atoms with Crippen molar-refractivity contribution in [2.75, 3.05) is 51.3 Å². The molecular formula is C26H32N4O5. The van der Waals surface area contributed by atoms with Gasteiger partial charge in [0.25, 0.3) is 0 Å². The number of carbonyl (C=O) groups is 2. The van der Waals surface area contributed by atoms with Gasteiger partial charge in [-0.15, -0.1) is 0 Å². The lowest BCUT2D eigenvalue weighted by Gasteiger charge is -2.38. The number of esters is 1. The number of aromatic hydroxyl groups is 1. The number of phenols is 1. The van der Waals surface area contributed by atoms with E-state index in [9.17, 15) is 14.7 Å². The average molecular weight is 481 g/mol. The summed E-state index contributed by atoms with van der Waals surface area (Å²) in [7, 11) is 1.32. The van der Waals surface area contributed by atoms with E-state index in [1.807, 2.05) is 19.1 Å². The van der Waals surface area contributed by atoms with Crippen molar-refractivity contribution >= 4 is 17.7 Å². The Labute approximate surface area is 205 Å². The number of ether oxygens (including phenoxy) is 2. The lowest BCUT2D eigenvalue weighted by Crippen LogP contribution is -2.51. The summed E-state index contributed by atoms with van der Waals surface area (Å²) < 4.78 is 10.6. The van der Waals surface area contributed by atoms with Crippen LogP contribution < -0.4 is 20.3 Å². The number of aryl methyl sites for hydroxylation is 1. The SMILES string of the molecule is CCOc1cc([C@H]2NC(=O)NC(CN3CCN(c4ccccc4C)CC3)=C2C(=O)OC)ccc1O. The molecule has 1 atom stereocenters. The van der Waals surface area contributed by atoms with Crippen molar-refractivity contribution in [3.05, 3.63) is 64.9 Å². The molecule has 2 aliphatic rings. The summed E-state index contributed by atoms with van der Waals surface area (Å²) in [5.41, 5.74) is 3.94. The zero-order valence-electron chi connectivity index (χ0n) is 20.3. The van der Waals surface area contributed by atoms with Crippen LogP contribution in [0.1, 0.15) is 24.1 Å². The molecule has 0 spiro atoms. The zero-order chi connectivity index (χ0) is 24.9. The summed E-state index contributed by atoms with van der Waals surface area (Å²) >= 11 is 0. The third kappa shape index (κ3) is 5.35. The summed E-state index contributed by atoms with van der Waals surface area (Å²) in [5, 5.41) is 15.7. The smallest absolute Gasteiger partial charge is 0.338 e. The summed E-state index contributed by atoms with van der Waals surface area (Å²) in [5.74, 6) is -0.246. The highest BCUT2D eigenvalue weighted by atomic mass is 16.5. The van der Waals surface area contributed by atoms with E-state index < -0.39 is 18.0 Å². The Bertz CT molecular complexity index is 1120. The molecule has 4 rings (SSSR count). The predicted molar refractivity (Wildman–Crippen MR) is 133 cm³/mol. The number of amides is 2. The first-order chi connectivity index (χ1) is 16.9. The lowest BCUT2D eigenvalue weighted by atomic mass is 9.94. The minimum Gasteiger partial charge on any atom is -0.504 e. The van der Waals surface area contributed by atoms with Gasteiger partial charge in [-0.05, 0) is 43.2 Å². The highest BCUT2D eigenvalue weighted by Gasteiger charge is 2.35. The number of piperazine rings is 1. The molecule has 2 heterocycles. The molecule has 0 bridgehead atoms. The molecule has 0 aromatic heterocycles. The Balaban J connectivity index is 1.58. The van der Waals surface area contributed by atoms with E-state index in [-0.39, 0.29) is 11.5 Å². The van der Waals surface area contributed by atoms with E-state index in [1.54, 1.807) is 12.1 Å². The van der Waals surface area contributed by atoms with Crippen LogP contribution in [0.3, 0.4) is 0 Å². The molecule has 0 radical (unpaired) electrons. The maximum absolute atomic E-state index is 12.9. The second-order valence-corrected chi connectivity index (χ2v) is 8.63. The van der Waals surface area contributed by atoms with Crippen molar-refractivity contribution < 1.29 is 24.2 Å². The Hall–Kier alpha value is -3.72. The van der Waals surface area contributed by atoms with Gasteiger partial charge in [0.1, 0.15) is 0 Å². The van der Waals surface area contributed by atoms with E-state index >= 15 is 0 Å². The molecular weight excluding hydrogens is 448 g/mol. The maximum atomic E-state index is 12.9. The van der Waals surface area contributed by atoms with Crippen LogP contribution in [-0.2, 0) is 9.53 Å². The minimum absolute atomic E-state index is 0.00814. The maximum Gasteiger partial charge on any atom is 0.338 e. The van der Waals surface area contributed by atoms with Crippen LogP contribution in [-0.4, -0.2) is 68.4 Å². The standard InChI is InChI=1S/C26H32N4O5/c1-4-35-22-15-18(9-10-21(22)31)24-23(25(32)34-3)19(27-26(33)28-24)16-29-11-13-30(14-12-29)20-8-6-5-7-17(20)2/h5-10,15,24,31H,4,11-14,16H2,1-3H3,(H2,27,28,33)/t24-/m1/s1. The number of nitrogens with one attached hydrogen (secondary N) is 2. The molecule has 9 nitrogen and oxygen atoms in total. The van der Waals surface area contributed by atoms with Crippen LogP contribution in [0.15, 0.2) is 53.7 Å². The molecule has 2 amide bonds. The fraction of sp³-hybridized carbons (Fsp3) is 0.385. The van der Waals surface area contributed by atoms with Gasteiger partial charge in [-0.1, -0.05) is 24.3 Å². The van der Waals surface area contributed by atoms with Gasteiger partial charge in [-0.3, -0.25) is 4.90 Å². The third-order valence-corrected chi connectivity index (χ3v) is 6.39. The lowest BCUT2D eigenvalue weighted by molar-refractivity contribution is -0.136. The largest absolute Gasteiger partial charge is 0.504 e. The van der Waals surface area contributed by atoms with E-state index in [1.165, 1.54) is 24.4 Å². The second-order valence-electron chi connectivity index (χ2n) is 8.63. The molecule has 0 saturated carbocycles. The first-order valence-electron chi connectivity index (χ1n) is 11.8. The highest BCUT2D eigenvalue weighted by Crippen LogP contribution is 2.34. The van der Waals surface area contributed by atoms with Crippen LogP contribution in [0, 0.1) is 6.92 Å². The topological polar surface area (TPSA) is 103 Å². The minimum atomic E-state index is -0.737. The predicted octanol–water partition coefficient (Wildman–Crippen LogP) is 2.70. The van der Waals surface area contributed by atoms with Crippen LogP contribution in [0.2, 0.25) is 0 Å². The Morgan fingerprint density at radius 2 is 1.89 bits per heavy atom. The molecule has 9 heteroatoms. The molecule has 1 fully saturated rings.